The van der Waals surface area contributed by atoms with Gasteiger partial charge in [0.05, 0.1) is 5.69 Å². The molecule has 2 N–H and O–H groups in total. The Morgan fingerprint density at radius 3 is 2.24 bits per heavy atom. The molecule has 0 saturated carbocycles. The largest absolute Gasteiger partial charge is 0.338 e. The lowest BCUT2D eigenvalue weighted by atomic mass is 10.3. The van der Waals surface area contributed by atoms with Crippen molar-refractivity contribution >= 4 is 23.1 Å². The monoisotopic (exact) mass is 352 g/mol. The molecule has 0 spiro atoms. The van der Waals surface area contributed by atoms with Gasteiger partial charge in [-0.15, -0.1) is 0 Å². The molecular weight excluding hydrogens is 343 g/mol. The maximum absolute atomic E-state index is 13.7. The minimum atomic E-state index is -1.61. The fourth-order valence-electron chi connectivity index (χ4n) is 1.95. The van der Waals surface area contributed by atoms with Crippen LogP contribution in [0.5, 0.6) is 0 Å². The number of aromatic nitrogens is 2. The molecule has 0 aliphatic heterocycles. The van der Waals surface area contributed by atoms with Crippen molar-refractivity contribution in [3.8, 4) is 0 Å². The third-order valence-electron chi connectivity index (χ3n) is 3.13. The van der Waals surface area contributed by atoms with Crippen molar-refractivity contribution in [3.63, 3.8) is 0 Å². The van der Waals surface area contributed by atoms with Gasteiger partial charge in [0.25, 0.3) is 0 Å². The fraction of sp³-hybridized carbons (Fsp3) is 0. The predicted molar refractivity (Wildman–Crippen MR) is 81.3 cm³/mol. The van der Waals surface area contributed by atoms with E-state index in [2.05, 4.69) is 20.6 Å². The molecule has 0 atom stereocenters. The zero-order chi connectivity index (χ0) is 18.0. The summed E-state index contributed by atoms with van der Waals surface area (Å²) in [6.45, 7) is 0. The van der Waals surface area contributed by atoms with Gasteiger partial charge < -0.3 is 10.6 Å². The fourth-order valence-corrected chi connectivity index (χ4v) is 1.95. The van der Waals surface area contributed by atoms with E-state index in [4.69, 9.17) is 0 Å². The van der Waals surface area contributed by atoms with Crippen molar-refractivity contribution in [2.75, 3.05) is 10.6 Å². The van der Waals surface area contributed by atoms with E-state index in [0.29, 0.717) is 0 Å². The molecule has 3 rings (SSSR count). The zero-order valence-electron chi connectivity index (χ0n) is 12.3. The number of nitrogens with one attached hydrogen (secondary N) is 2. The second kappa shape index (κ2) is 6.71. The molecule has 2 aromatic carbocycles. The summed E-state index contributed by atoms with van der Waals surface area (Å²) in [5, 5.41) is 5.12. The Hall–Kier alpha value is -3.23. The Balaban J connectivity index is 1.82. The van der Waals surface area contributed by atoms with E-state index < -0.39 is 29.1 Å². The quantitative estimate of drug-likeness (QED) is 0.530. The van der Waals surface area contributed by atoms with E-state index in [-0.39, 0.29) is 23.1 Å². The van der Waals surface area contributed by atoms with Crippen LogP contribution >= 0.6 is 0 Å². The second-order valence-electron chi connectivity index (χ2n) is 4.87. The summed E-state index contributed by atoms with van der Waals surface area (Å²) in [5.74, 6) is -6.30. The zero-order valence-corrected chi connectivity index (χ0v) is 12.3. The molecular formula is C16H9F5N4. The molecule has 1 aromatic heterocycles. The highest BCUT2D eigenvalue weighted by Crippen LogP contribution is 2.23. The first-order valence-electron chi connectivity index (χ1n) is 6.89. The average Bonchev–Trinajstić information content (AvgIpc) is 2.59. The van der Waals surface area contributed by atoms with E-state index in [0.717, 1.165) is 24.3 Å². The van der Waals surface area contributed by atoms with Crippen LogP contribution < -0.4 is 10.6 Å². The van der Waals surface area contributed by atoms with Crippen molar-refractivity contribution in [1.29, 1.82) is 0 Å². The molecule has 0 aliphatic carbocycles. The molecule has 0 amide bonds. The van der Waals surface area contributed by atoms with Gasteiger partial charge >= 0.3 is 0 Å². The SMILES string of the molecule is Fc1ccc(Nc2nccc(Nc3ccc(F)c(F)c3F)n2)cc1F. The third kappa shape index (κ3) is 3.65. The highest BCUT2D eigenvalue weighted by Gasteiger charge is 2.14. The first-order chi connectivity index (χ1) is 11.9. The summed E-state index contributed by atoms with van der Waals surface area (Å²) in [6.07, 6.45) is 1.30. The molecule has 0 fully saturated rings. The summed E-state index contributed by atoms with van der Waals surface area (Å²) in [7, 11) is 0. The van der Waals surface area contributed by atoms with Crippen molar-refractivity contribution in [2.45, 2.75) is 0 Å². The smallest absolute Gasteiger partial charge is 0.229 e. The highest BCUT2D eigenvalue weighted by molar-refractivity contribution is 5.60. The second-order valence-corrected chi connectivity index (χ2v) is 4.87. The third-order valence-corrected chi connectivity index (χ3v) is 3.13. The molecule has 0 bridgehead atoms. The molecule has 3 aromatic rings. The van der Waals surface area contributed by atoms with E-state index in [1.54, 1.807) is 0 Å². The minimum absolute atomic E-state index is 0.000926. The topological polar surface area (TPSA) is 49.8 Å². The molecule has 0 radical (unpaired) electrons. The van der Waals surface area contributed by atoms with E-state index in [1.165, 1.54) is 18.3 Å². The molecule has 9 heteroatoms. The lowest BCUT2D eigenvalue weighted by Gasteiger charge is -2.10. The van der Waals surface area contributed by atoms with Gasteiger partial charge in [-0.1, -0.05) is 0 Å². The van der Waals surface area contributed by atoms with Crippen LogP contribution in [0, 0.1) is 29.1 Å². The standard InChI is InChI=1S/C16H9F5N4/c17-9-2-1-8(7-11(9)19)23-16-22-6-5-13(25-16)24-12-4-3-10(18)14(20)15(12)21/h1-7H,(H2,22,23,24,25). The number of hydrogen-bond donors (Lipinski definition) is 2. The van der Waals surface area contributed by atoms with Gasteiger partial charge in [0, 0.05) is 18.0 Å². The van der Waals surface area contributed by atoms with Gasteiger partial charge in [-0.05, 0) is 30.3 Å². The van der Waals surface area contributed by atoms with Gasteiger partial charge in [0.15, 0.2) is 29.1 Å². The van der Waals surface area contributed by atoms with Crippen LogP contribution in [-0.4, -0.2) is 9.97 Å². The van der Waals surface area contributed by atoms with Crippen LogP contribution in [0.15, 0.2) is 42.6 Å². The molecule has 1 heterocycles. The molecule has 0 aliphatic rings. The first kappa shape index (κ1) is 16.6. The maximum atomic E-state index is 13.7. The minimum Gasteiger partial charge on any atom is -0.338 e. The van der Waals surface area contributed by atoms with E-state index >= 15 is 0 Å². The number of halogens is 5. The van der Waals surface area contributed by atoms with Crippen molar-refractivity contribution in [2.24, 2.45) is 0 Å². The summed E-state index contributed by atoms with van der Waals surface area (Å²) in [5.41, 5.74) is -0.133. The van der Waals surface area contributed by atoms with Crippen LogP contribution in [-0.2, 0) is 0 Å². The average molecular weight is 352 g/mol. The van der Waals surface area contributed by atoms with Gasteiger partial charge in [-0.25, -0.2) is 26.9 Å². The van der Waals surface area contributed by atoms with Crippen molar-refractivity contribution in [1.82, 2.24) is 9.97 Å². The number of benzene rings is 2. The maximum Gasteiger partial charge on any atom is 0.229 e. The van der Waals surface area contributed by atoms with Gasteiger partial charge in [-0.3, -0.25) is 0 Å². The van der Waals surface area contributed by atoms with Gasteiger partial charge in [-0.2, -0.15) is 4.98 Å². The van der Waals surface area contributed by atoms with Crippen LogP contribution in [0.3, 0.4) is 0 Å². The lowest BCUT2D eigenvalue weighted by Crippen LogP contribution is -2.03. The summed E-state index contributed by atoms with van der Waals surface area (Å²) in [6, 6.07) is 6.25. The van der Waals surface area contributed by atoms with Crippen molar-refractivity contribution in [3.05, 3.63) is 71.7 Å². The number of nitrogens with zero attached hydrogens (tertiary/aromatic N) is 2. The molecule has 4 nitrogen and oxygen atoms in total. The van der Waals surface area contributed by atoms with Crippen LogP contribution in [0.4, 0.5) is 45.1 Å². The highest BCUT2D eigenvalue weighted by atomic mass is 19.2. The Morgan fingerprint density at radius 1 is 0.720 bits per heavy atom. The normalized spacial score (nSPS) is 10.6. The van der Waals surface area contributed by atoms with Gasteiger partial charge in [0.1, 0.15) is 5.82 Å². The Morgan fingerprint density at radius 2 is 1.48 bits per heavy atom. The van der Waals surface area contributed by atoms with Gasteiger partial charge in [0.2, 0.25) is 5.95 Å². The van der Waals surface area contributed by atoms with Crippen LogP contribution in [0.25, 0.3) is 0 Å². The predicted octanol–water partition coefficient (Wildman–Crippen LogP) is 4.66. The Labute approximate surface area is 138 Å². The summed E-state index contributed by atoms with van der Waals surface area (Å²) >= 11 is 0. The summed E-state index contributed by atoms with van der Waals surface area (Å²) in [4.78, 5) is 7.85. The molecule has 0 unspecified atom stereocenters. The Kier molecular flexibility index (Phi) is 4.46. The number of rotatable bonds is 4. The van der Waals surface area contributed by atoms with Crippen molar-refractivity contribution < 1.29 is 22.0 Å². The lowest BCUT2D eigenvalue weighted by molar-refractivity contribution is 0.449. The molecule has 128 valence electrons. The molecule has 25 heavy (non-hydrogen) atoms. The molecule has 0 saturated heterocycles. The van der Waals surface area contributed by atoms with Crippen LogP contribution in [0.1, 0.15) is 0 Å². The number of hydrogen-bond acceptors (Lipinski definition) is 4. The Bertz CT molecular complexity index is 932. The first-order valence-corrected chi connectivity index (χ1v) is 6.89. The summed E-state index contributed by atoms with van der Waals surface area (Å²) < 4.78 is 65.9. The van der Waals surface area contributed by atoms with E-state index in [1.807, 2.05) is 0 Å². The number of anilines is 4. The van der Waals surface area contributed by atoms with Crippen LogP contribution in [0.2, 0.25) is 0 Å². The van der Waals surface area contributed by atoms with E-state index in [9.17, 15) is 22.0 Å².